The predicted molar refractivity (Wildman–Crippen MR) is 88.6 cm³/mol. The Balaban J connectivity index is 1.51. The first-order valence-corrected chi connectivity index (χ1v) is 8.24. The summed E-state index contributed by atoms with van der Waals surface area (Å²) >= 11 is 1.54. The second-order valence-corrected chi connectivity index (χ2v) is 5.93. The molecule has 0 saturated heterocycles. The molecule has 7 nitrogen and oxygen atoms in total. The van der Waals surface area contributed by atoms with Crippen LogP contribution in [0.5, 0.6) is 5.75 Å². The zero-order valence-corrected chi connectivity index (χ0v) is 13.9. The number of hydrogen-bond donors (Lipinski definition) is 1. The van der Waals surface area contributed by atoms with E-state index < -0.39 is 0 Å². The number of carbonyl (C=O) groups excluding carboxylic acids is 1. The second-order valence-electron chi connectivity index (χ2n) is 4.95. The zero-order chi connectivity index (χ0) is 16.8. The maximum atomic E-state index is 11.8. The van der Waals surface area contributed by atoms with Gasteiger partial charge in [-0.3, -0.25) is 4.79 Å². The van der Waals surface area contributed by atoms with Crippen LogP contribution in [0.2, 0.25) is 0 Å². The lowest BCUT2D eigenvalue weighted by Crippen LogP contribution is -2.23. The summed E-state index contributed by atoms with van der Waals surface area (Å²) < 4.78 is 10.3. The van der Waals surface area contributed by atoms with E-state index in [1.807, 2.05) is 29.6 Å². The zero-order valence-electron chi connectivity index (χ0n) is 13.1. The lowest BCUT2D eigenvalue weighted by Gasteiger charge is -2.00. The average molecular weight is 344 g/mol. The van der Waals surface area contributed by atoms with Crippen LogP contribution in [0.4, 0.5) is 0 Å². The number of ether oxygens (including phenoxy) is 1. The molecule has 0 bridgehead atoms. The smallest absolute Gasteiger partial charge is 0.257 e. The van der Waals surface area contributed by atoms with E-state index >= 15 is 0 Å². The first kappa shape index (κ1) is 16.1. The Kier molecular flexibility index (Phi) is 5.17. The van der Waals surface area contributed by atoms with Crippen LogP contribution in [-0.2, 0) is 17.8 Å². The van der Waals surface area contributed by atoms with Crippen LogP contribution < -0.4 is 10.1 Å². The molecule has 0 atom stereocenters. The van der Waals surface area contributed by atoms with E-state index in [0.29, 0.717) is 24.6 Å². The number of hydrogen-bond acceptors (Lipinski definition) is 7. The molecule has 0 saturated carbocycles. The number of nitrogens with one attached hydrogen (secondary N) is 1. The molecule has 0 radical (unpaired) electrons. The molecule has 0 aliphatic heterocycles. The van der Waals surface area contributed by atoms with Crippen molar-refractivity contribution >= 4 is 17.2 Å². The number of carbonyl (C=O) groups is 1. The first-order valence-electron chi connectivity index (χ1n) is 7.36. The molecule has 124 valence electrons. The number of methoxy groups -OCH3 is 1. The summed E-state index contributed by atoms with van der Waals surface area (Å²) in [4.78, 5) is 20.2. The van der Waals surface area contributed by atoms with Gasteiger partial charge in [-0.2, -0.15) is 4.98 Å². The van der Waals surface area contributed by atoms with E-state index in [2.05, 4.69) is 20.4 Å². The summed E-state index contributed by atoms with van der Waals surface area (Å²) in [6.07, 6.45) is 2.75. The molecule has 24 heavy (non-hydrogen) atoms. The highest BCUT2D eigenvalue weighted by Gasteiger charge is 2.10. The summed E-state index contributed by atoms with van der Waals surface area (Å²) in [5.74, 6) is 1.53. The van der Waals surface area contributed by atoms with Crippen LogP contribution >= 0.6 is 11.3 Å². The topological polar surface area (TPSA) is 90.1 Å². The van der Waals surface area contributed by atoms with Gasteiger partial charge in [0.15, 0.2) is 5.82 Å². The SMILES string of the molecule is COc1ccc(-c2nc(CNC(=O)CCc3nccs3)no2)cc1. The maximum absolute atomic E-state index is 11.8. The largest absolute Gasteiger partial charge is 0.497 e. The number of aryl methyl sites for hydroxylation is 1. The minimum atomic E-state index is -0.0685. The number of rotatable bonds is 7. The van der Waals surface area contributed by atoms with Crippen molar-refractivity contribution in [2.24, 2.45) is 0 Å². The van der Waals surface area contributed by atoms with Gasteiger partial charge in [0, 0.05) is 30.0 Å². The molecule has 0 fully saturated rings. The van der Waals surface area contributed by atoms with Gasteiger partial charge < -0.3 is 14.6 Å². The Bertz CT molecular complexity index is 784. The van der Waals surface area contributed by atoms with Crippen molar-refractivity contribution in [1.29, 1.82) is 0 Å². The van der Waals surface area contributed by atoms with Gasteiger partial charge in [0.25, 0.3) is 5.89 Å². The van der Waals surface area contributed by atoms with Crippen LogP contribution in [0.1, 0.15) is 17.3 Å². The first-order chi connectivity index (χ1) is 11.7. The second kappa shape index (κ2) is 7.69. The molecule has 1 N–H and O–H groups in total. The molecule has 2 heterocycles. The predicted octanol–water partition coefficient (Wildman–Crippen LogP) is 2.45. The molecule has 2 aromatic heterocycles. The lowest BCUT2D eigenvalue weighted by atomic mass is 10.2. The van der Waals surface area contributed by atoms with E-state index in [9.17, 15) is 4.79 Å². The average Bonchev–Trinajstić information content (AvgIpc) is 3.30. The third kappa shape index (κ3) is 4.17. The van der Waals surface area contributed by atoms with Crippen LogP contribution in [0.15, 0.2) is 40.4 Å². The fourth-order valence-electron chi connectivity index (χ4n) is 2.04. The third-order valence-corrected chi connectivity index (χ3v) is 4.14. The highest BCUT2D eigenvalue weighted by molar-refractivity contribution is 7.09. The molecule has 1 amide bonds. The van der Waals surface area contributed by atoms with E-state index in [-0.39, 0.29) is 12.5 Å². The van der Waals surface area contributed by atoms with Crippen LogP contribution in [0.25, 0.3) is 11.5 Å². The van der Waals surface area contributed by atoms with Crippen LogP contribution in [0.3, 0.4) is 0 Å². The molecular weight excluding hydrogens is 328 g/mol. The number of benzene rings is 1. The Morgan fingerprint density at radius 2 is 2.17 bits per heavy atom. The van der Waals surface area contributed by atoms with Crippen molar-refractivity contribution in [3.05, 3.63) is 46.7 Å². The van der Waals surface area contributed by atoms with Gasteiger partial charge in [-0.25, -0.2) is 4.98 Å². The van der Waals surface area contributed by atoms with Crippen molar-refractivity contribution in [3.8, 4) is 17.2 Å². The fraction of sp³-hybridized carbons (Fsp3) is 0.250. The maximum Gasteiger partial charge on any atom is 0.257 e. The molecule has 0 aliphatic rings. The van der Waals surface area contributed by atoms with Gasteiger partial charge in [-0.1, -0.05) is 5.16 Å². The Labute approximate surface area is 142 Å². The molecule has 8 heteroatoms. The van der Waals surface area contributed by atoms with Crippen molar-refractivity contribution in [3.63, 3.8) is 0 Å². The standard InChI is InChI=1S/C16H16N4O3S/c1-22-12-4-2-11(3-5-12)16-19-13(20-23-16)10-18-14(21)6-7-15-17-8-9-24-15/h2-5,8-9H,6-7,10H2,1H3,(H,18,21). The summed E-state index contributed by atoms with van der Waals surface area (Å²) in [5.41, 5.74) is 0.796. The van der Waals surface area contributed by atoms with Gasteiger partial charge in [0.1, 0.15) is 5.75 Å². The highest BCUT2D eigenvalue weighted by Crippen LogP contribution is 2.20. The summed E-state index contributed by atoms with van der Waals surface area (Å²) in [5, 5.41) is 9.50. The number of nitrogens with zero attached hydrogens (tertiary/aromatic N) is 3. The van der Waals surface area contributed by atoms with E-state index in [4.69, 9.17) is 9.26 Å². The number of aromatic nitrogens is 3. The quantitative estimate of drug-likeness (QED) is 0.708. The van der Waals surface area contributed by atoms with Crippen LogP contribution in [-0.4, -0.2) is 28.1 Å². The fourth-order valence-corrected chi connectivity index (χ4v) is 2.66. The van der Waals surface area contributed by atoms with Gasteiger partial charge in [-0.15, -0.1) is 11.3 Å². The lowest BCUT2D eigenvalue weighted by molar-refractivity contribution is -0.121. The number of thiazole rings is 1. The molecule has 1 aromatic carbocycles. The molecule has 0 unspecified atom stereocenters. The molecule has 3 rings (SSSR count). The van der Waals surface area contributed by atoms with E-state index in [0.717, 1.165) is 16.3 Å². The van der Waals surface area contributed by atoms with Gasteiger partial charge in [0.2, 0.25) is 5.91 Å². The van der Waals surface area contributed by atoms with Gasteiger partial charge in [-0.05, 0) is 24.3 Å². The van der Waals surface area contributed by atoms with Crippen molar-refractivity contribution < 1.29 is 14.1 Å². The molecule has 3 aromatic rings. The van der Waals surface area contributed by atoms with Crippen LogP contribution in [0, 0.1) is 0 Å². The van der Waals surface area contributed by atoms with E-state index in [1.54, 1.807) is 24.6 Å². The summed E-state index contributed by atoms with van der Waals surface area (Å²) in [7, 11) is 1.61. The Morgan fingerprint density at radius 3 is 2.88 bits per heavy atom. The van der Waals surface area contributed by atoms with Crippen molar-refractivity contribution in [2.45, 2.75) is 19.4 Å². The minimum absolute atomic E-state index is 0.0685. The Morgan fingerprint density at radius 1 is 1.33 bits per heavy atom. The highest BCUT2D eigenvalue weighted by atomic mass is 32.1. The number of amides is 1. The summed E-state index contributed by atoms with van der Waals surface area (Å²) in [6, 6.07) is 7.31. The third-order valence-electron chi connectivity index (χ3n) is 3.30. The van der Waals surface area contributed by atoms with Crippen molar-refractivity contribution in [1.82, 2.24) is 20.4 Å². The molecule has 0 aliphatic carbocycles. The van der Waals surface area contributed by atoms with Gasteiger partial charge in [0.05, 0.1) is 18.7 Å². The minimum Gasteiger partial charge on any atom is -0.497 e. The molecular formula is C16H16N4O3S. The molecule has 0 spiro atoms. The summed E-state index contributed by atoms with van der Waals surface area (Å²) in [6.45, 7) is 0.232. The monoisotopic (exact) mass is 344 g/mol. The Hall–Kier alpha value is -2.74. The van der Waals surface area contributed by atoms with Gasteiger partial charge >= 0.3 is 0 Å². The van der Waals surface area contributed by atoms with E-state index in [1.165, 1.54) is 0 Å². The normalized spacial score (nSPS) is 10.5. The van der Waals surface area contributed by atoms with Crippen molar-refractivity contribution in [2.75, 3.05) is 7.11 Å².